The third kappa shape index (κ3) is 6.27. The van der Waals surface area contributed by atoms with Crippen LogP contribution in [-0.2, 0) is 24.2 Å². The van der Waals surface area contributed by atoms with E-state index < -0.39 is 34.4 Å². The monoisotopic (exact) mass is 341 g/mol. The largest absolute Gasteiger partial charge is 0.493 e. The number of esters is 1. The average Bonchev–Trinajstić information content (AvgIpc) is 2.85. The molecule has 1 heterocycles. The van der Waals surface area contributed by atoms with Crippen molar-refractivity contribution in [1.29, 1.82) is 0 Å². The minimum Gasteiger partial charge on any atom is -0.493 e. The summed E-state index contributed by atoms with van der Waals surface area (Å²) in [5.74, 6) is -0.369. The van der Waals surface area contributed by atoms with Crippen LogP contribution < -0.4 is 10.1 Å². The second-order valence-corrected chi connectivity index (χ2v) is 7.47. The van der Waals surface area contributed by atoms with Crippen molar-refractivity contribution in [3.8, 4) is 5.75 Å². The second kappa shape index (κ2) is 7.96. The maximum absolute atomic E-state index is 11.6. The summed E-state index contributed by atoms with van der Waals surface area (Å²) < 4.78 is 32.7. The average molecular weight is 341 g/mol. The number of para-hydroxylation sites is 1. The van der Waals surface area contributed by atoms with Crippen molar-refractivity contribution in [3.63, 3.8) is 0 Å². The molecular formula is C15H19NO6S. The molecule has 1 aliphatic rings. The Morgan fingerprint density at radius 2 is 1.96 bits per heavy atom. The molecule has 1 aromatic rings. The van der Waals surface area contributed by atoms with Gasteiger partial charge in [0.2, 0.25) is 0 Å². The highest BCUT2D eigenvalue weighted by molar-refractivity contribution is 7.91. The molecule has 0 bridgehead atoms. The van der Waals surface area contributed by atoms with Gasteiger partial charge in [0.05, 0.1) is 24.5 Å². The fourth-order valence-corrected chi connectivity index (χ4v) is 3.84. The molecule has 7 nitrogen and oxygen atoms in total. The number of hydrogen-bond acceptors (Lipinski definition) is 6. The van der Waals surface area contributed by atoms with Crippen molar-refractivity contribution in [3.05, 3.63) is 30.3 Å². The van der Waals surface area contributed by atoms with E-state index in [0.717, 1.165) is 0 Å². The SMILES string of the molecule is O=C(COC(=O)CCOc1ccccc1)N[C@H]1CCS(=O)(=O)C1. The minimum absolute atomic E-state index is 0.0278. The van der Waals surface area contributed by atoms with Gasteiger partial charge in [-0.1, -0.05) is 18.2 Å². The Morgan fingerprint density at radius 1 is 1.22 bits per heavy atom. The number of sulfone groups is 1. The standard InChI is InChI=1S/C15H19NO6S/c17-14(16-12-7-9-23(19,20)11-12)10-22-15(18)6-8-21-13-4-2-1-3-5-13/h1-5,12H,6-11H2,(H,16,17)/t12-/m0/s1. The Kier molecular flexibility index (Phi) is 5.97. The van der Waals surface area contributed by atoms with Crippen LogP contribution >= 0.6 is 0 Å². The summed E-state index contributed by atoms with van der Waals surface area (Å²) in [5.41, 5.74) is 0. The molecular weight excluding hydrogens is 322 g/mol. The molecule has 1 N–H and O–H groups in total. The highest BCUT2D eigenvalue weighted by atomic mass is 32.2. The molecule has 0 unspecified atom stereocenters. The van der Waals surface area contributed by atoms with Crippen molar-refractivity contribution >= 4 is 21.7 Å². The van der Waals surface area contributed by atoms with Crippen LogP contribution in [0.15, 0.2) is 30.3 Å². The van der Waals surface area contributed by atoms with E-state index in [0.29, 0.717) is 12.2 Å². The Bertz CT molecular complexity index is 643. The molecule has 0 saturated carbocycles. The van der Waals surface area contributed by atoms with Crippen LogP contribution in [0.3, 0.4) is 0 Å². The van der Waals surface area contributed by atoms with Gasteiger partial charge >= 0.3 is 5.97 Å². The first-order valence-corrected chi connectivity index (χ1v) is 9.10. The molecule has 2 rings (SSSR count). The van der Waals surface area contributed by atoms with E-state index >= 15 is 0 Å². The first-order chi connectivity index (χ1) is 10.9. The zero-order valence-electron chi connectivity index (χ0n) is 12.6. The summed E-state index contributed by atoms with van der Waals surface area (Å²) in [5, 5.41) is 2.55. The van der Waals surface area contributed by atoms with E-state index in [-0.39, 0.29) is 24.5 Å². The topological polar surface area (TPSA) is 98.8 Å². The number of benzene rings is 1. The molecule has 0 aromatic heterocycles. The van der Waals surface area contributed by atoms with E-state index in [1.54, 1.807) is 12.1 Å². The highest BCUT2D eigenvalue weighted by Gasteiger charge is 2.28. The van der Waals surface area contributed by atoms with Crippen molar-refractivity contribution in [2.24, 2.45) is 0 Å². The fourth-order valence-electron chi connectivity index (χ4n) is 2.17. The van der Waals surface area contributed by atoms with Crippen molar-refractivity contribution in [1.82, 2.24) is 5.32 Å². The Hall–Kier alpha value is -2.09. The lowest BCUT2D eigenvalue weighted by Crippen LogP contribution is -2.38. The molecule has 8 heteroatoms. The summed E-state index contributed by atoms with van der Waals surface area (Å²) in [7, 11) is -3.05. The lowest BCUT2D eigenvalue weighted by molar-refractivity contribution is -0.149. The number of carbonyl (C=O) groups excluding carboxylic acids is 2. The Labute approximate surface area is 134 Å². The number of rotatable bonds is 7. The van der Waals surface area contributed by atoms with Gasteiger partial charge in [0.15, 0.2) is 16.4 Å². The van der Waals surface area contributed by atoms with E-state index in [2.05, 4.69) is 5.32 Å². The van der Waals surface area contributed by atoms with E-state index in [1.807, 2.05) is 18.2 Å². The number of ether oxygens (including phenoxy) is 2. The summed E-state index contributed by atoms with van der Waals surface area (Å²) in [6, 6.07) is 8.65. The van der Waals surface area contributed by atoms with Crippen LogP contribution in [0.5, 0.6) is 5.75 Å². The van der Waals surface area contributed by atoms with Gasteiger partial charge in [-0.25, -0.2) is 8.42 Å². The molecule has 0 spiro atoms. The fraction of sp³-hybridized carbons (Fsp3) is 0.467. The van der Waals surface area contributed by atoms with Crippen molar-refractivity contribution in [2.45, 2.75) is 18.9 Å². The predicted molar refractivity (Wildman–Crippen MR) is 82.7 cm³/mol. The Balaban J connectivity index is 1.59. The first kappa shape index (κ1) is 17.3. The molecule has 1 fully saturated rings. The van der Waals surface area contributed by atoms with Gasteiger partial charge in [0, 0.05) is 6.04 Å². The number of nitrogens with one attached hydrogen (secondary N) is 1. The lowest BCUT2D eigenvalue weighted by Gasteiger charge is -2.11. The maximum atomic E-state index is 11.6. The van der Waals surface area contributed by atoms with Crippen LogP contribution in [0, 0.1) is 0 Å². The molecule has 1 aromatic carbocycles. The van der Waals surface area contributed by atoms with Crippen LogP contribution in [0.25, 0.3) is 0 Å². The van der Waals surface area contributed by atoms with Crippen LogP contribution in [0.2, 0.25) is 0 Å². The molecule has 1 amide bonds. The van der Waals surface area contributed by atoms with E-state index in [1.165, 1.54) is 0 Å². The van der Waals surface area contributed by atoms with E-state index in [4.69, 9.17) is 9.47 Å². The Morgan fingerprint density at radius 3 is 2.61 bits per heavy atom. The van der Waals surface area contributed by atoms with Crippen molar-refractivity contribution in [2.75, 3.05) is 24.7 Å². The minimum atomic E-state index is -3.05. The van der Waals surface area contributed by atoms with Gasteiger partial charge in [-0.15, -0.1) is 0 Å². The van der Waals surface area contributed by atoms with Gasteiger partial charge in [0.25, 0.3) is 5.91 Å². The van der Waals surface area contributed by atoms with Crippen molar-refractivity contribution < 1.29 is 27.5 Å². The third-order valence-corrected chi connectivity index (χ3v) is 5.05. The molecule has 1 atom stereocenters. The second-order valence-electron chi connectivity index (χ2n) is 5.24. The summed E-state index contributed by atoms with van der Waals surface area (Å²) in [6.07, 6.45) is 0.424. The molecule has 23 heavy (non-hydrogen) atoms. The molecule has 126 valence electrons. The van der Waals surface area contributed by atoms with Gasteiger partial charge in [-0.3, -0.25) is 9.59 Å². The molecule has 1 saturated heterocycles. The summed E-state index contributed by atoms with van der Waals surface area (Å²) >= 11 is 0. The molecule has 1 aliphatic heterocycles. The molecule has 0 aliphatic carbocycles. The van der Waals surface area contributed by atoms with Gasteiger partial charge in [-0.05, 0) is 18.6 Å². The highest BCUT2D eigenvalue weighted by Crippen LogP contribution is 2.11. The van der Waals surface area contributed by atoms with Gasteiger partial charge in [-0.2, -0.15) is 0 Å². The number of amides is 1. The summed E-state index contributed by atoms with van der Waals surface area (Å²) in [6.45, 7) is -0.258. The zero-order valence-corrected chi connectivity index (χ0v) is 13.4. The van der Waals surface area contributed by atoms with Gasteiger partial charge < -0.3 is 14.8 Å². The predicted octanol–water partition coefficient (Wildman–Crippen LogP) is 0.302. The number of hydrogen-bond donors (Lipinski definition) is 1. The first-order valence-electron chi connectivity index (χ1n) is 7.28. The van der Waals surface area contributed by atoms with Gasteiger partial charge in [0.1, 0.15) is 5.75 Å². The zero-order chi connectivity index (χ0) is 16.7. The lowest BCUT2D eigenvalue weighted by atomic mass is 10.2. The maximum Gasteiger partial charge on any atom is 0.309 e. The normalized spacial score (nSPS) is 19.0. The summed E-state index contributed by atoms with van der Waals surface area (Å²) in [4.78, 5) is 23.1. The number of carbonyl (C=O) groups is 2. The smallest absolute Gasteiger partial charge is 0.309 e. The quantitative estimate of drug-likeness (QED) is 0.716. The third-order valence-electron chi connectivity index (χ3n) is 3.28. The van der Waals surface area contributed by atoms with Crippen LogP contribution in [0.4, 0.5) is 0 Å². The van der Waals surface area contributed by atoms with Crippen LogP contribution in [0.1, 0.15) is 12.8 Å². The van der Waals surface area contributed by atoms with Crippen LogP contribution in [-0.4, -0.2) is 51.1 Å². The molecule has 0 radical (unpaired) electrons. The van der Waals surface area contributed by atoms with E-state index in [9.17, 15) is 18.0 Å².